The molecule has 1 amide bonds. The van der Waals surface area contributed by atoms with Crippen molar-refractivity contribution in [2.24, 2.45) is 5.73 Å². The van der Waals surface area contributed by atoms with Crippen molar-refractivity contribution in [3.8, 4) is 0 Å². The first-order valence-corrected chi connectivity index (χ1v) is 3.29. The van der Waals surface area contributed by atoms with E-state index >= 15 is 0 Å². The first kappa shape index (κ1) is 7.28. The largest absolute Gasteiger partial charge is 0.373 e. The zero-order chi connectivity index (χ0) is 7.56. The van der Waals surface area contributed by atoms with Crippen LogP contribution in [0.4, 0.5) is 0 Å². The maximum Gasteiger partial charge on any atom is 0.244 e. The standard InChI is InChI=1S/C7H11NO2/c1-5(7(8)9)2-3-6-4-10-6/h6H,1-4H2,(H2,8,9). The molecule has 0 aromatic heterocycles. The molecular weight excluding hydrogens is 130 g/mol. The van der Waals surface area contributed by atoms with Crippen LogP contribution in [0, 0.1) is 0 Å². The predicted octanol–water partition coefficient (Wildman–Crippen LogP) is 0.207. The molecule has 2 N–H and O–H groups in total. The average molecular weight is 141 g/mol. The number of rotatable bonds is 4. The van der Waals surface area contributed by atoms with Crippen LogP contribution in [0.25, 0.3) is 0 Å². The highest BCUT2D eigenvalue weighted by Gasteiger charge is 2.22. The molecule has 3 nitrogen and oxygen atoms in total. The quantitative estimate of drug-likeness (QED) is 0.449. The fourth-order valence-electron chi connectivity index (χ4n) is 0.693. The van der Waals surface area contributed by atoms with Crippen molar-refractivity contribution in [1.29, 1.82) is 0 Å². The van der Waals surface area contributed by atoms with E-state index < -0.39 is 5.91 Å². The van der Waals surface area contributed by atoms with Gasteiger partial charge in [0.15, 0.2) is 0 Å². The molecule has 0 radical (unpaired) electrons. The molecule has 3 heteroatoms. The second-order valence-corrected chi connectivity index (χ2v) is 2.46. The summed E-state index contributed by atoms with van der Waals surface area (Å²) in [7, 11) is 0. The van der Waals surface area contributed by atoms with Gasteiger partial charge in [-0.1, -0.05) is 6.58 Å². The zero-order valence-corrected chi connectivity index (χ0v) is 5.80. The molecule has 0 aromatic rings. The molecule has 0 bridgehead atoms. The topological polar surface area (TPSA) is 55.6 Å². The van der Waals surface area contributed by atoms with Gasteiger partial charge in [0.25, 0.3) is 0 Å². The number of amides is 1. The summed E-state index contributed by atoms with van der Waals surface area (Å²) in [5.41, 5.74) is 5.46. The van der Waals surface area contributed by atoms with Crippen molar-refractivity contribution in [1.82, 2.24) is 0 Å². The maximum absolute atomic E-state index is 10.4. The van der Waals surface area contributed by atoms with Crippen LogP contribution in [-0.4, -0.2) is 18.6 Å². The van der Waals surface area contributed by atoms with E-state index in [1.165, 1.54) is 0 Å². The van der Waals surface area contributed by atoms with Gasteiger partial charge in [-0.25, -0.2) is 0 Å². The van der Waals surface area contributed by atoms with Crippen molar-refractivity contribution in [2.45, 2.75) is 18.9 Å². The number of hydrogen-bond acceptors (Lipinski definition) is 2. The maximum atomic E-state index is 10.4. The van der Waals surface area contributed by atoms with Gasteiger partial charge < -0.3 is 10.5 Å². The van der Waals surface area contributed by atoms with Crippen molar-refractivity contribution < 1.29 is 9.53 Å². The number of carbonyl (C=O) groups excluding carboxylic acids is 1. The first-order chi connectivity index (χ1) is 4.70. The molecule has 1 aliphatic heterocycles. The number of nitrogens with two attached hydrogens (primary N) is 1. The molecule has 1 atom stereocenters. The molecule has 10 heavy (non-hydrogen) atoms. The summed E-state index contributed by atoms with van der Waals surface area (Å²) in [6.45, 7) is 4.35. The van der Waals surface area contributed by atoms with E-state index in [1.807, 2.05) is 0 Å². The number of hydrogen-bond donors (Lipinski definition) is 1. The summed E-state index contributed by atoms with van der Waals surface area (Å²) < 4.78 is 4.95. The molecule has 1 saturated heterocycles. The van der Waals surface area contributed by atoms with Gasteiger partial charge in [0.2, 0.25) is 5.91 Å². The van der Waals surface area contributed by atoms with Crippen LogP contribution >= 0.6 is 0 Å². The Morgan fingerprint density at radius 1 is 1.80 bits per heavy atom. The predicted molar refractivity (Wildman–Crippen MR) is 37.3 cm³/mol. The Kier molecular flexibility index (Phi) is 2.06. The Labute approximate surface area is 59.8 Å². The molecule has 1 rings (SSSR count). The van der Waals surface area contributed by atoms with Gasteiger partial charge in [-0.3, -0.25) is 4.79 Å². The monoisotopic (exact) mass is 141 g/mol. The van der Waals surface area contributed by atoms with Crippen molar-refractivity contribution in [3.05, 3.63) is 12.2 Å². The summed E-state index contributed by atoms with van der Waals surface area (Å²) in [6.07, 6.45) is 1.90. The smallest absolute Gasteiger partial charge is 0.244 e. The van der Waals surface area contributed by atoms with Crippen LogP contribution < -0.4 is 5.73 Å². The highest BCUT2D eigenvalue weighted by Crippen LogP contribution is 2.17. The van der Waals surface area contributed by atoms with E-state index in [9.17, 15) is 4.79 Å². The Bertz CT molecular complexity index is 161. The second-order valence-electron chi connectivity index (χ2n) is 2.46. The van der Waals surface area contributed by atoms with Gasteiger partial charge in [-0.2, -0.15) is 0 Å². The highest BCUT2D eigenvalue weighted by molar-refractivity contribution is 5.91. The molecule has 56 valence electrons. The van der Waals surface area contributed by atoms with E-state index in [4.69, 9.17) is 10.5 Å². The van der Waals surface area contributed by atoms with Gasteiger partial charge in [-0.15, -0.1) is 0 Å². The summed E-state index contributed by atoms with van der Waals surface area (Å²) in [5.74, 6) is -0.402. The van der Waals surface area contributed by atoms with Gasteiger partial charge in [0.05, 0.1) is 12.7 Å². The second kappa shape index (κ2) is 2.84. The van der Waals surface area contributed by atoms with E-state index in [1.54, 1.807) is 0 Å². The third kappa shape index (κ3) is 2.19. The fourth-order valence-corrected chi connectivity index (χ4v) is 0.693. The highest BCUT2D eigenvalue weighted by atomic mass is 16.6. The molecule has 0 aromatic carbocycles. The molecule has 0 spiro atoms. The third-order valence-electron chi connectivity index (χ3n) is 1.52. The number of primary amides is 1. The number of ether oxygens (including phenoxy) is 1. The van der Waals surface area contributed by atoms with Crippen molar-refractivity contribution in [2.75, 3.05) is 6.61 Å². The third-order valence-corrected chi connectivity index (χ3v) is 1.52. The summed E-state index contributed by atoms with van der Waals surface area (Å²) in [6, 6.07) is 0. The lowest BCUT2D eigenvalue weighted by Gasteiger charge is -1.96. The molecule has 1 heterocycles. The minimum absolute atomic E-state index is 0.357. The van der Waals surface area contributed by atoms with E-state index in [0.29, 0.717) is 18.1 Å². The molecule has 0 aliphatic carbocycles. The summed E-state index contributed by atoms with van der Waals surface area (Å²) >= 11 is 0. The Balaban J connectivity index is 2.11. The van der Waals surface area contributed by atoms with Gasteiger partial charge in [0.1, 0.15) is 0 Å². The van der Waals surface area contributed by atoms with Crippen molar-refractivity contribution >= 4 is 5.91 Å². The first-order valence-electron chi connectivity index (χ1n) is 3.29. The molecule has 1 unspecified atom stereocenters. The zero-order valence-electron chi connectivity index (χ0n) is 5.80. The van der Waals surface area contributed by atoms with Gasteiger partial charge >= 0.3 is 0 Å². The van der Waals surface area contributed by atoms with E-state index in [2.05, 4.69) is 6.58 Å². The molecule has 0 saturated carbocycles. The van der Waals surface area contributed by atoms with Gasteiger partial charge in [-0.05, 0) is 12.8 Å². The minimum Gasteiger partial charge on any atom is -0.373 e. The molecule has 1 aliphatic rings. The van der Waals surface area contributed by atoms with E-state index in [-0.39, 0.29) is 0 Å². The normalized spacial score (nSPS) is 22.2. The number of carbonyl (C=O) groups is 1. The summed E-state index contributed by atoms with van der Waals surface area (Å²) in [5, 5.41) is 0. The molecular formula is C7H11NO2. The van der Waals surface area contributed by atoms with Crippen LogP contribution in [0.2, 0.25) is 0 Å². The Morgan fingerprint density at radius 3 is 2.80 bits per heavy atom. The average Bonchev–Trinajstić information content (AvgIpc) is 2.64. The fraction of sp³-hybridized carbons (Fsp3) is 0.571. The lowest BCUT2D eigenvalue weighted by molar-refractivity contribution is -0.114. The number of epoxide rings is 1. The minimum atomic E-state index is -0.402. The van der Waals surface area contributed by atoms with Gasteiger partial charge in [0, 0.05) is 5.57 Å². The van der Waals surface area contributed by atoms with Crippen LogP contribution in [0.1, 0.15) is 12.8 Å². The Hall–Kier alpha value is -0.830. The van der Waals surface area contributed by atoms with Crippen LogP contribution in [0.3, 0.4) is 0 Å². The summed E-state index contributed by atoms with van der Waals surface area (Å²) in [4.78, 5) is 10.4. The molecule has 1 fully saturated rings. The lowest BCUT2D eigenvalue weighted by atomic mass is 10.1. The lowest BCUT2D eigenvalue weighted by Crippen LogP contribution is -2.13. The van der Waals surface area contributed by atoms with Crippen LogP contribution in [0.5, 0.6) is 0 Å². The van der Waals surface area contributed by atoms with Crippen molar-refractivity contribution in [3.63, 3.8) is 0 Å². The van der Waals surface area contributed by atoms with Crippen LogP contribution in [0.15, 0.2) is 12.2 Å². The van der Waals surface area contributed by atoms with Crippen LogP contribution in [-0.2, 0) is 9.53 Å². The van der Waals surface area contributed by atoms with E-state index in [0.717, 1.165) is 13.0 Å². The Morgan fingerprint density at radius 2 is 2.40 bits per heavy atom. The SMILES string of the molecule is C=C(CCC1CO1)C(N)=O.